The summed E-state index contributed by atoms with van der Waals surface area (Å²) in [6, 6.07) is 14.7. The number of ether oxygens (including phenoxy) is 2. The van der Waals surface area contributed by atoms with Crippen molar-refractivity contribution in [3.8, 4) is 17.2 Å². The molecule has 43 heavy (non-hydrogen) atoms. The Morgan fingerprint density at radius 1 is 0.767 bits per heavy atom. The number of aryl methyl sites for hydroxylation is 1. The molecule has 0 unspecified atom stereocenters. The molecule has 1 aliphatic heterocycles. The van der Waals surface area contributed by atoms with Gasteiger partial charge in [-0.15, -0.1) is 0 Å². The molecule has 3 aromatic rings. The maximum Gasteiger partial charge on any atom is 0.340 e. The van der Waals surface area contributed by atoms with Crippen LogP contribution in [0, 0.1) is 6.92 Å². The van der Waals surface area contributed by atoms with Crippen LogP contribution in [0.1, 0.15) is 32.7 Å². The Hall–Kier alpha value is -3.98. The predicted molar refractivity (Wildman–Crippen MR) is 158 cm³/mol. The molecule has 4 rings (SSSR count). The minimum atomic E-state index is -4.55. The van der Waals surface area contributed by atoms with E-state index in [0.717, 1.165) is 4.31 Å². The number of likely N-dealkylation sites (N-methyl/N-ethyl adjacent to an activating group) is 2. The second-order valence-corrected chi connectivity index (χ2v) is 13.6. The number of hydrogen-bond donors (Lipinski definition) is 1. The molecular weight excluding hydrogens is 598 g/mol. The maximum atomic E-state index is 13.3. The van der Waals surface area contributed by atoms with Gasteiger partial charge in [-0.25, -0.2) is 8.42 Å². The monoisotopic (exact) mass is 631 g/mol. The van der Waals surface area contributed by atoms with Gasteiger partial charge in [0.1, 0.15) is 27.0 Å². The van der Waals surface area contributed by atoms with Gasteiger partial charge in [-0.05, 0) is 63.0 Å². The zero-order valence-corrected chi connectivity index (χ0v) is 25.8. The number of carbonyl (C=O) groups excluding carboxylic acids is 2. The largest absolute Gasteiger partial charge is 0.493 e. The Morgan fingerprint density at radius 2 is 1.44 bits per heavy atom. The number of fused-ring (bicyclic) bond motifs is 1. The van der Waals surface area contributed by atoms with E-state index in [1.165, 1.54) is 43.4 Å². The molecule has 14 heteroatoms. The van der Waals surface area contributed by atoms with Crippen LogP contribution in [0.2, 0.25) is 0 Å². The fraction of sp³-hybridized carbons (Fsp3) is 0.310. The highest BCUT2D eigenvalue weighted by atomic mass is 32.2. The number of nitrogens with zero attached hydrogens (tertiary/aromatic N) is 2. The van der Waals surface area contributed by atoms with Crippen molar-refractivity contribution in [2.45, 2.75) is 23.1 Å². The molecule has 0 aliphatic carbocycles. The van der Waals surface area contributed by atoms with Crippen LogP contribution in [0.3, 0.4) is 0 Å². The highest BCUT2D eigenvalue weighted by molar-refractivity contribution is 7.91. The Labute approximate surface area is 251 Å². The van der Waals surface area contributed by atoms with Crippen molar-refractivity contribution >= 4 is 32.0 Å². The van der Waals surface area contributed by atoms with E-state index in [9.17, 15) is 26.4 Å². The van der Waals surface area contributed by atoms with Gasteiger partial charge in [0.2, 0.25) is 10.0 Å². The van der Waals surface area contributed by atoms with Gasteiger partial charge in [0.15, 0.2) is 0 Å². The van der Waals surface area contributed by atoms with Crippen molar-refractivity contribution in [1.82, 2.24) is 14.5 Å². The Kier molecular flexibility index (Phi) is 9.75. The molecule has 0 saturated heterocycles. The standard InChI is InChI=1S/C29H33N3O9S2/c1-20-17-21(39-15-8-16-40-24-10-7-9-23-27(24)29(34)30-28(23)33)19-22(18-20)41-43(37,38)26-12-6-5-11-25(26)42(35,36)32(4)14-13-31(2)3/h5-7,9-12,17-19H,8,13-16H2,1-4H3,(H,30,33,34). The lowest BCUT2D eigenvalue weighted by atomic mass is 10.1. The highest BCUT2D eigenvalue weighted by Gasteiger charge is 2.31. The number of rotatable bonds is 14. The fourth-order valence-electron chi connectivity index (χ4n) is 4.25. The van der Waals surface area contributed by atoms with Gasteiger partial charge in [0, 0.05) is 32.6 Å². The highest BCUT2D eigenvalue weighted by Crippen LogP contribution is 2.30. The van der Waals surface area contributed by atoms with Gasteiger partial charge in [0.05, 0.1) is 24.3 Å². The normalized spacial score (nSPS) is 13.3. The zero-order valence-electron chi connectivity index (χ0n) is 24.2. The molecule has 12 nitrogen and oxygen atoms in total. The van der Waals surface area contributed by atoms with Crippen LogP contribution < -0.4 is 19.0 Å². The van der Waals surface area contributed by atoms with E-state index >= 15 is 0 Å². The van der Waals surface area contributed by atoms with Crippen LogP contribution in [0.4, 0.5) is 0 Å². The first-order valence-corrected chi connectivity index (χ1v) is 16.1. The van der Waals surface area contributed by atoms with Gasteiger partial charge in [-0.3, -0.25) is 14.9 Å². The summed E-state index contributed by atoms with van der Waals surface area (Å²) in [5.74, 6) is -0.394. The summed E-state index contributed by atoms with van der Waals surface area (Å²) < 4.78 is 71.1. The van der Waals surface area contributed by atoms with E-state index in [2.05, 4.69) is 5.32 Å². The summed E-state index contributed by atoms with van der Waals surface area (Å²) in [6.07, 6.45) is 0.411. The van der Waals surface area contributed by atoms with Crippen molar-refractivity contribution in [2.75, 3.05) is 47.4 Å². The molecule has 3 aromatic carbocycles. The maximum absolute atomic E-state index is 13.3. The second-order valence-electron chi connectivity index (χ2n) is 10.1. The minimum Gasteiger partial charge on any atom is -0.493 e. The molecule has 0 atom stereocenters. The molecule has 1 aliphatic rings. The number of nitrogens with one attached hydrogen (secondary N) is 1. The number of benzene rings is 3. The molecule has 230 valence electrons. The van der Waals surface area contributed by atoms with E-state index in [0.29, 0.717) is 30.0 Å². The average molecular weight is 632 g/mol. The predicted octanol–water partition coefficient (Wildman–Crippen LogP) is 2.68. The summed E-state index contributed by atoms with van der Waals surface area (Å²) in [6.45, 7) is 2.73. The van der Waals surface area contributed by atoms with E-state index in [4.69, 9.17) is 13.7 Å². The number of amides is 2. The van der Waals surface area contributed by atoms with Crippen LogP contribution in [0.25, 0.3) is 0 Å². The summed E-state index contributed by atoms with van der Waals surface area (Å²) >= 11 is 0. The van der Waals surface area contributed by atoms with Crippen LogP contribution >= 0.6 is 0 Å². The summed E-state index contributed by atoms with van der Waals surface area (Å²) in [5, 5.41) is 2.24. The zero-order chi connectivity index (χ0) is 31.4. The fourth-order valence-corrected chi connectivity index (χ4v) is 7.11. The Balaban J connectivity index is 1.42. The minimum absolute atomic E-state index is 0.0464. The molecular formula is C29H33N3O9S2. The van der Waals surface area contributed by atoms with Gasteiger partial charge in [0.25, 0.3) is 11.8 Å². The third-order valence-corrected chi connectivity index (χ3v) is 9.79. The van der Waals surface area contributed by atoms with Gasteiger partial charge < -0.3 is 18.6 Å². The lowest BCUT2D eigenvalue weighted by Crippen LogP contribution is -2.34. The van der Waals surface area contributed by atoms with E-state index in [-0.39, 0.29) is 41.5 Å². The topological polar surface area (TPSA) is 149 Å². The molecule has 0 radical (unpaired) electrons. The molecule has 1 N–H and O–H groups in total. The van der Waals surface area contributed by atoms with Crippen molar-refractivity contribution in [2.24, 2.45) is 0 Å². The molecule has 1 heterocycles. The molecule has 2 amide bonds. The number of imide groups is 1. The first-order chi connectivity index (χ1) is 20.3. The number of sulfonamides is 1. The first-order valence-electron chi connectivity index (χ1n) is 13.3. The molecule has 0 aromatic heterocycles. The van der Waals surface area contributed by atoms with Crippen LogP contribution in [0.15, 0.2) is 70.5 Å². The van der Waals surface area contributed by atoms with E-state index in [1.54, 1.807) is 45.3 Å². The van der Waals surface area contributed by atoms with E-state index in [1.807, 2.05) is 4.90 Å². The average Bonchev–Trinajstić information content (AvgIpc) is 3.24. The molecule has 0 bridgehead atoms. The van der Waals surface area contributed by atoms with Crippen LogP contribution in [0.5, 0.6) is 17.2 Å². The van der Waals surface area contributed by atoms with Crippen LogP contribution in [-0.2, 0) is 20.1 Å². The third-order valence-electron chi connectivity index (χ3n) is 6.44. The van der Waals surface area contributed by atoms with E-state index < -0.39 is 36.9 Å². The summed E-state index contributed by atoms with van der Waals surface area (Å²) in [5.41, 5.74) is 1.11. The number of carbonyl (C=O) groups is 2. The smallest absolute Gasteiger partial charge is 0.340 e. The van der Waals surface area contributed by atoms with Gasteiger partial charge in [-0.1, -0.05) is 18.2 Å². The lowest BCUT2D eigenvalue weighted by Gasteiger charge is -2.21. The van der Waals surface area contributed by atoms with Crippen molar-refractivity contribution in [3.63, 3.8) is 0 Å². The van der Waals surface area contributed by atoms with Gasteiger partial charge in [-0.2, -0.15) is 12.7 Å². The summed E-state index contributed by atoms with van der Waals surface area (Å²) in [4.78, 5) is 24.8. The molecule has 0 spiro atoms. The second kappa shape index (κ2) is 13.1. The SMILES string of the molecule is Cc1cc(OCCCOc2cccc3c2C(=O)NC3=O)cc(OS(=O)(=O)c2ccccc2S(=O)(=O)N(C)CCN(C)C)c1. The Bertz CT molecular complexity index is 1740. The van der Waals surface area contributed by atoms with Gasteiger partial charge >= 0.3 is 10.1 Å². The lowest BCUT2D eigenvalue weighted by molar-refractivity contribution is 0.0878. The van der Waals surface area contributed by atoms with Crippen LogP contribution in [-0.4, -0.2) is 85.3 Å². The summed E-state index contributed by atoms with van der Waals surface area (Å²) in [7, 11) is -3.67. The van der Waals surface area contributed by atoms with Crippen molar-refractivity contribution in [1.29, 1.82) is 0 Å². The molecule has 0 fully saturated rings. The third kappa shape index (κ3) is 7.51. The number of hydrogen-bond acceptors (Lipinski definition) is 10. The quantitative estimate of drug-likeness (QED) is 0.160. The van der Waals surface area contributed by atoms with Crippen molar-refractivity contribution < 1.29 is 40.1 Å². The first kappa shape index (κ1) is 31.9. The van der Waals surface area contributed by atoms with Crippen molar-refractivity contribution in [3.05, 3.63) is 77.4 Å². The molecule has 0 saturated carbocycles. The Morgan fingerprint density at radius 3 is 2.16 bits per heavy atom.